The zero-order valence-corrected chi connectivity index (χ0v) is 11.7. The van der Waals surface area contributed by atoms with Crippen LogP contribution < -0.4 is 0 Å². The van der Waals surface area contributed by atoms with E-state index in [1.165, 1.54) is 6.92 Å². The summed E-state index contributed by atoms with van der Waals surface area (Å²) in [5, 5.41) is 14.2. The number of nitrogens with zero attached hydrogens (tertiary/aromatic N) is 3. The Hall–Kier alpha value is -2.18. The van der Waals surface area contributed by atoms with Gasteiger partial charge in [0.2, 0.25) is 5.91 Å². The molecule has 2 heterocycles. The number of rotatable bonds is 3. The zero-order chi connectivity index (χ0) is 14.1. The van der Waals surface area contributed by atoms with Crippen molar-refractivity contribution in [1.82, 2.24) is 14.6 Å². The SMILES string of the molecule is CC(=O)N(O)Cn1cc(-c2nccs2)c2ccccc21. The molecule has 0 aliphatic heterocycles. The molecule has 0 unspecified atom stereocenters. The third-order valence-corrected chi connectivity index (χ3v) is 3.91. The fraction of sp³-hybridized carbons (Fsp3) is 0.143. The van der Waals surface area contributed by atoms with Crippen LogP contribution >= 0.6 is 11.3 Å². The van der Waals surface area contributed by atoms with E-state index >= 15 is 0 Å². The second-order valence-corrected chi connectivity index (χ2v) is 5.32. The Morgan fingerprint density at radius 1 is 1.45 bits per heavy atom. The summed E-state index contributed by atoms with van der Waals surface area (Å²) in [6.45, 7) is 1.43. The van der Waals surface area contributed by atoms with E-state index in [1.54, 1.807) is 17.5 Å². The molecule has 0 bridgehead atoms. The minimum atomic E-state index is -0.390. The molecule has 0 saturated heterocycles. The summed E-state index contributed by atoms with van der Waals surface area (Å²) < 4.78 is 1.84. The van der Waals surface area contributed by atoms with Crippen molar-refractivity contribution in [2.75, 3.05) is 0 Å². The van der Waals surface area contributed by atoms with Gasteiger partial charge in [-0.3, -0.25) is 10.0 Å². The lowest BCUT2D eigenvalue weighted by molar-refractivity contribution is -0.169. The number of hydrogen-bond donors (Lipinski definition) is 1. The van der Waals surface area contributed by atoms with E-state index in [0.29, 0.717) is 5.06 Å². The van der Waals surface area contributed by atoms with Crippen LogP contribution in [0, 0.1) is 0 Å². The molecule has 20 heavy (non-hydrogen) atoms. The molecule has 102 valence electrons. The van der Waals surface area contributed by atoms with Gasteiger partial charge in [-0.25, -0.2) is 10.0 Å². The molecule has 0 fully saturated rings. The lowest BCUT2D eigenvalue weighted by atomic mass is 10.2. The highest BCUT2D eigenvalue weighted by Gasteiger charge is 2.14. The fourth-order valence-corrected chi connectivity index (χ4v) is 2.80. The van der Waals surface area contributed by atoms with Gasteiger partial charge in [0.1, 0.15) is 11.7 Å². The maximum absolute atomic E-state index is 11.2. The van der Waals surface area contributed by atoms with Crippen LogP contribution in [0.4, 0.5) is 0 Å². The van der Waals surface area contributed by atoms with E-state index in [2.05, 4.69) is 4.98 Å². The highest BCUT2D eigenvalue weighted by molar-refractivity contribution is 7.13. The Labute approximate surface area is 119 Å². The van der Waals surface area contributed by atoms with Crippen molar-refractivity contribution in [3.05, 3.63) is 42.0 Å². The number of para-hydroxylation sites is 1. The van der Waals surface area contributed by atoms with E-state index < -0.39 is 5.91 Å². The van der Waals surface area contributed by atoms with Crippen LogP contribution in [0.5, 0.6) is 0 Å². The number of carbonyl (C=O) groups excluding carboxylic acids is 1. The number of fused-ring (bicyclic) bond motifs is 1. The van der Waals surface area contributed by atoms with Crippen LogP contribution in [0.25, 0.3) is 21.5 Å². The topological polar surface area (TPSA) is 58.4 Å². The third kappa shape index (κ3) is 2.19. The van der Waals surface area contributed by atoms with Crippen LogP contribution in [0.15, 0.2) is 42.0 Å². The number of hydroxylamine groups is 2. The quantitative estimate of drug-likeness (QED) is 0.595. The number of benzene rings is 1. The summed E-state index contributed by atoms with van der Waals surface area (Å²) in [5.41, 5.74) is 1.96. The van der Waals surface area contributed by atoms with Crippen LogP contribution in [-0.4, -0.2) is 25.7 Å². The van der Waals surface area contributed by atoms with Crippen LogP contribution in [0.2, 0.25) is 0 Å². The minimum absolute atomic E-state index is 0.0984. The third-order valence-electron chi connectivity index (χ3n) is 3.10. The van der Waals surface area contributed by atoms with Gasteiger partial charge in [0.25, 0.3) is 0 Å². The van der Waals surface area contributed by atoms with Crippen LogP contribution in [0.3, 0.4) is 0 Å². The summed E-state index contributed by atoms with van der Waals surface area (Å²) in [6, 6.07) is 7.86. The molecule has 1 aromatic carbocycles. The van der Waals surface area contributed by atoms with E-state index in [0.717, 1.165) is 21.5 Å². The maximum atomic E-state index is 11.2. The normalized spacial score (nSPS) is 10.9. The van der Waals surface area contributed by atoms with Gasteiger partial charge in [0.05, 0.1) is 5.52 Å². The first kappa shape index (κ1) is 12.8. The summed E-state index contributed by atoms with van der Waals surface area (Å²) in [5.74, 6) is -0.390. The monoisotopic (exact) mass is 287 g/mol. The highest BCUT2D eigenvalue weighted by Crippen LogP contribution is 2.31. The van der Waals surface area contributed by atoms with Gasteiger partial charge >= 0.3 is 0 Å². The molecule has 0 aliphatic carbocycles. The van der Waals surface area contributed by atoms with Crippen molar-refractivity contribution in [1.29, 1.82) is 0 Å². The van der Waals surface area contributed by atoms with Crippen molar-refractivity contribution >= 4 is 28.1 Å². The molecular weight excluding hydrogens is 274 g/mol. The Morgan fingerprint density at radius 2 is 2.25 bits per heavy atom. The number of hydrogen-bond acceptors (Lipinski definition) is 4. The number of thiazole rings is 1. The Morgan fingerprint density at radius 3 is 2.95 bits per heavy atom. The molecule has 6 heteroatoms. The first-order valence-electron chi connectivity index (χ1n) is 6.11. The predicted molar refractivity (Wildman–Crippen MR) is 77.4 cm³/mol. The average molecular weight is 287 g/mol. The van der Waals surface area contributed by atoms with Gasteiger partial charge in [-0.2, -0.15) is 0 Å². The van der Waals surface area contributed by atoms with Crippen molar-refractivity contribution in [3.8, 4) is 10.6 Å². The van der Waals surface area contributed by atoms with E-state index in [9.17, 15) is 10.0 Å². The lowest BCUT2D eigenvalue weighted by Crippen LogP contribution is -2.26. The number of aromatic nitrogens is 2. The molecular formula is C14H13N3O2S. The largest absolute Gasteiger partial charge is 0.326 e. The molecule has 1 amide bonds. The van der Waals surface area contributed by atoms with Crippen molar-refractivity contribution in [3.63, 3.8) is 0 Å². The molecule has 0 spiro atoms. The second kappa shape index (κ2) is 5.07. The van der Waals surface area contributed by atoms with Gasteiger partial charge in [-0.15, -0.1) is 11.3 Å². The summed E-state index contributed by atoms with van der Waals surface area (Å²) in [4.78, 5) is 15.5. The zero-order valence-electron chi connectivity index (χ0n) is 10.9. The number of carbonyl (C=O) groups is 1. The molecule has 0 saturated carbocycles. The lowest BCUT2D eigenvalue weighted by Gasteiger charge is -2.14. The standard InChI is InChI=1S/C14H13N3O2S/c1-10(18)17(19)9-16-8-12(14-15-6-7-20-14)11-4-2-3-5-13(11)16/h2-8,19H,9H2,1H3. The number of amides is 1. The molecule has 5 nitrogen and oxygen atoms in total. The second-order valence-electron chi connectivity index (χ2n) is 4.43. The maximum Gasteiger partial charge on any atom is 0.244 e. The van der Waals surface area contributed by atoms with Gasteiger partial charge in [-0.1, -0.05) is 18.2 Å². The van der Waals surface area contributed by atoms with Crippen molar-refractivity contribution in [2.45, 2.75) is 13.6 Å². The fourth-order valence-electron chi connectivity index (χ4n) is 2.13. The van der Waals surface area contributed by atoms with E-state index in [-0.39, 0.29) is 6.67 Å². The van der Waals surface area contributed by atoms with Gasteiger partial charge in [0.15, 0.2) is 0 Å². The molecule has 3 aromatic rings. The van der Waals surface area contributed by atoms with Crippen LogP contribution in [-0.2, 0) is 11.5 Å². The summed E-state index contributed by atoms with van der Waals surface area (Å²) >= 11 is 1.56. The van der Waals surface area contributed by atoms with Gasteiger partial charge in [-0.05, 0) is 6.07 Å². The molecule has 1 N–H and O–H groups in total. The van der Waals surface area contributed by atoms with E-state index in [4.69, 9.17) is 0 Å². The van der Waals surface area contributed by atoms with Crippen LogP contribution in [0.1, 0.15) is 6.92 Å². The molecule has 2 aromatic heterocycles. The molecule has 0 aliphatic rings. The molecule has 3 rings (SSSR count). The average Bonchev–Trinajstić information content (AvgIpc) is 3.06. The Kier molecular flexibility index (Phi) is 3.25. The van der Waals surface area contributed by atoms with Gasteiger partial charge in [0, 0.05) is 35.6 Å². The van der Waals surface area contributed by atoms with E-state index in [1.807, 2.05) is 40.4 Å². The first-order valence-corrected chi connectivity index (χ1v) is 6.99. The molecule has 0 atom stereocenters. The Bertz CT molecular complexity index is 749. The summed E-state index contributed by atoms with van der Waals surface area (Å²) in [7, 11) is 0. The van der Waals surface area contributed by atoms with Crippen molar-refractivity contribution < 1.29 is 10.0 Å². The minimum Gasteiger partial charge on any atom is -0.326 e. The summed E-state index contributed by atoms with van der Waals surface area (Å²) in [6.07, 6.45) is 3.68. The van der Waals surface area contributed by atoms with Gasteiger partial charge < -0.3 is 4.57 Å². The first-order chi connectivity index (χ1) is 9.66. The predicted octanol–water partition coefficient (Wildman–Crippen LogP) is 2.96. The Balaban J connectivity index is 2.12. The smallest absolute Gasteiger partial charge is 0.244 e. The molecule has 0 radical (unpaired) electrons. The van der Waals surface area contributed by atoms with Crippen molar-refractivity contribution in [2.24, 2.45) is 0 Å². The highest BCUT2D eigenvalue weighted by atomic mass is 32.1.